The van der Waals surface area contributed by atoms with Crippen LogP contribution in [0.15, 0.2) is 22.7 Å². The van der Waals surface area contributed by atoms with Gasteiger partial charge in [-0.15, -0.1) is 0 Å². The van der Waals surface area contributed by atoms with Crippen molar-refractivity contribution in [2.24, 2.45) is 11.8 Å². The molecule has 0 spiro atoms. The number of nitrogens with zero attached hydrogens (tertiary/aromatic N) is 2. The first kappa shape index (κ1) is 11.1. The van der Waals surface area contributed by atoms with Crippen molar-refractivity contribution in [1.29, 1.82) is 5.26 Å². The highest BCUT2D eigenvalue weighted by atomic mass is 79.9. The van der Waals surface area contributed by atoms with Gasteiger partial charge >= 0.3 is 0 Å². The number of fused-ring (bicyclic) bond motifs is 1. The first-order chi connectivity index (χ1) is 8.28. The van der Waals surface area contributed by atoms with Crippen LogP contribution >= 0.6 is 15.9 Å². The molecule has 2 heterocycles. The fourth-order valence-electron chi connectivity index (χ4n) is 2.91. The van der Waals surface area contributed by atoms with Crippen molar-refractivity contribution in [2.45, 2.75) is 0 Å². The van der Waals surface area contributed by atoms with Gasteiger partial charge < -0.3 is 10.2 Å². The molecule has 0 bridgehead atoms. The molecule has 3 rings (SSSR count). The second-order valence-corrected chi connectivity index (χ2v) is 5.77. The molecule has 2 saturated heterocycles. The van der Waals surface area contributed by atoms with Crippen molar-refractivity contribution >= 4 is 21.6 Å². The Hall–Kier alpha value is -1.05. The van der Waals surface area contributed by atoms with Crippen molar-refractivity contribution in [3.05, 3.63) is 28.2 Å². The van der Waals surface area contributed by atoms with Gasteiger partial charge in [-0.3, -0.25) is 0 Å². The van der Waals surface area contributed by atoms with Crippen molar-refractivity contribution in [2.75, 3.05) is 31.1 Å². The molecular formula is C13H14BrN3. The van der Waals surface area contributed by atoms with E-state index in [-0.39, 0.29) is 0 Å². The number of rotatable bonds is 1. The van der Waals surface area contributed by atoms with Crippen LogP contribution in [0.25, 0.3) is 0 Å². The molecule has 1 aromatic rings. The molecule has 0 saturated carbocycles. The van der Waals surface area contributed by atoms with Crippen molar-refractivity contribution < 1.29 is 0 Å². The van der Waals surface area contributed by atoms with Gasteiger partial charge in [-0.25, -0.2) is 0 Å². The standard InChI is InChI=1S/C13H14BrN3/c14-12-2-1-9(4-15)13(3-12)17-7-10-5-16-6-11(10)8-17/h1-3,10-11,16H,5-8H2. The zero-order valence-electron chi connectivity index (χ0n) is 9.49. The molecule has 2 atom stereocenters. The summed E-state index contributed by atoms with van der Waals surface area (Å²) in [5, 5.41) is 12.6. The van der Waals surface area contributed by atoms with Crippen molar-refractivity contribution in [1.82, 2.24) is 5.32 Å². The molecule has 88 valence electrons. The zero-order valence-corrected chi connectivity index (χ0v) is 11.1. The first-order valence-corrected chi connectivity index (χ1v) is 6.72. The van der Waals surface area contributed by atoms with E-state index in [9.17, 15) is 0 Å². The van der Waals surface area contributed by atoms with Crippen LogP contribution in [-0.2, 0) is 0 Å². The van der Waals surface area contributed by atoms with Crippen molar-refractivity contribution in [3.63, 3.8) is 0 Å². The molecule has 3 nitrogen and oxygen atoms in total. The van der Waals surface area contributed by atoms with Gasteiger partial charge in [0.15, 0.2) is 0 Å². The Balaban J connectivity index is 1.90. The minimum absolute atomic E-state index is 0.750. The van der Waals surface area contributed by atoms with Crippen LogP contribution in [0.5, 0.6) is 0 Å². The van der Waals surface area contributed by atoms with E-state index in [0.717, 1.165) is 53.7 Å². The molecule has 4 heteroatoms. The van der Waals surface area contributed by atoms with Crippen LogP contribution in [0.2, 0.25) is 0 Å². The monoisotopic (exact) mass is 291 g/mol. The fraction of sp³-hybridized carbons (Fsp3) is 0.462. The molecule has 0 aliphatic carbocycles. The summed E-state index contributed by atoms with van der Waals surface area (Å²) in [6, 6.07) is 8.18. The van der Waals surface area contributed by atoms with Gasteiger partial charge in [0.2, 0.25) is 0 Å². The van der Waals surface area contributed by atoms with E-state index in [1.807, 2.05) is 12.1 Å². The summed E-state index contributed by atoms with van der Waals surface area (Å²) in [6.45, 7) is 4.39. The lowest BCUT2D eigenvalue weighted by Crippen LogP contribution is -2.26. The Morgan fingerprint density at radius 2 is 2.00 bits per heavy atom. The van der Waals surface area contributed by atoms with E-state index in [1.165, 1.54) is 0 Å². The molecule has 2 fully saturated rings. The van der Waals surface area contributed by atoms with Gasteiger partial charge in [-0.05, 0) is 30.0 Å². The van der Waals surface area contributed by atoms with Gasteiger partial charge in [0, 0.05) is 30.7 Å². The summed E-state index contributed by atoms with van der Waals surface area (Å²) >= 11 is 3.49. The van der Waals surface area contributed by atoms with E-state index in [4.69, 9.17) is 5.26 Å². The Labute approximate surface area is 110 Å². The van der Waals surface area contributed by atoms with Gasteiger partial charge in [-0.2, -0.15) is 5.26 Å². The third-order valence-electron chi connectivity index (χ3n) is 3.81. The number of hydrogen-bond donors (Lipinski definition) is 1. The van der Waals surface area contributed by atoms with Crippen LogP contribution in [0, 0.1) is 23.2 Å². The van der Waals surface area contributed by atoms with Gasteiger partial charge in [-0.1, -0.05) is 15.9 Å². The summed E-state index contributed by atoms with van der Waals surface area (Å²) in [6.07, 6.45) is 0. The lowest BCUT2D eigenvalue weighted by molar-refractivity contribution is 0.533. The topological polar surface area (TPSA) is 39.1 Å². The minimum Gasteiger partial charge on any atom is -0.370 e. The maximum atomic E-state index is 9.17. The molecule has 2 aliphatic heterocycles. The third kappa shape index (κ3) is 1.94. The molecule has 1 N–H and O–H groups in total. The van der Waals surface area contributed by atoms with Crippen LogP contribution in [0.1, 0.15) is 5.56 Å². The lowest BCUT2D eigenvalue weighted by atomic mass is 10.0. The van der Waals surface area contributed by atoms with Crippen molar-refractivity contribution in [3.8, 4) is 6.07 Å². The Morgan fingerprint density at radius 3 is 2.65 bits per heavy atom. The Bertz CT molecular complexity index is 468. The number of nitrogens with one attached hydrogen (secondary N) is 1. The number of benzene rings is 1. The summed E-state index contributed by atoms with van der Waals surface area (Å²) in [5.74, 6) is 1.50. The maximum absolute atomic E-state index is 9.17. The predicted molar refractivity (Wildman–Crippen MR) is 70.9 cm³/mol. The van der Waals surface area contributed by atoms with E-state index in [2.05, 4.69) is 38.3 Å². The average molecular weight is 292 g/mol. The smallest absolute Gasteiger partial charge is 0.101 e. The second kappa shape index (κ2) is 4.32. The molecule has 2 aliphatic rings. The van der Waals surface area contributed by atoms with E-state index >= 15 is 0 Å². The van der Waals surface area contributed by atoms with E-state index < -0.39 is 0 Å². The molecule has 2 unspecified atom stereocenters. The molecule has 17 heavy (non-hydrogen) atoms. The van der Waals surface area contributed by atoms with Crippen LogP contribution < -0.4 is 10.2 Å². The summed E-state index contributed by atoms with van der Waals surface area (Å²) in [7, 11) is 0. The van der Waals surface area contributed by atoms with Gasteiger partial charge in [0.1, 0.15) is 6.07 Å². The van der Waals surface area contributed by atoms with Crippen LogP contribution in [0.4, 0.5) is 5.69 Å². The number of halogens is 1. The molecule has 0 aromatic heterocycles. The van der Waals surface area contributed by atoms with Gasteiger partial charge in [0.25, 0.3) is 0 Å². The highest BCUT2D eigenvalue weighted by molar-refractivity contribution is 9.10. The SMILES string of the molecule is N#Cc1ccc(Br)cc1N1CC2CNCC2C1. The number of anilines is 1. The van der Waals surface area contributed by atoms with Gasteiger partial charge in [0.05, 0.1) is 11.3 Å². The average Bonchev–Trinajstić information content (AvgIpc) is 2.88. The van der Waals surface area contributed by atoms with E-state index in [1.54, 1.807) is 0 Å². The zero-order chi connectivity index (χ0) is 11.8. The lowest BCUT2D eigenvalue weighted by Gasteiger charge is -2.21. The van der Waals surface area contributed by atoms with Crippen LogP contribution in [-0.4, -0.2) is 26.2 Å². The Kier molecular flexibility index (Phi) is 2.81. The molecule has 0 amide bonds. The molecule has 0 radical (unpaired) electrons. The highest BCUT2D eigenvalue weighted by Crippen LogP contribution is 2.33. The fourth-order valence-corrected chi connectivity index (χ4v) is 3.26. The molecule has 1 aromatic carbocycles. The predicted octanol–water partition coefficient (Wildman–Crippen LogP) is 1.98. The largest absolute Gasteiger partial charge is 0.370 e. The second-order valence-electron chi connectivity index (χ2n) is 4.86. The molecular weight excluding hydrogens is 278 g/mol. The van der Waals surface area contributed by atoms with E-state index in [0.29, 0.717) is 0 Å². The first-order valence-electron chi connectivity index (χ1n) is 5.93. The maximum Gasteiger partial charge on any atom is 0.101 e. The highest BCUT2D eigenvalue weighted by Gasteiger charge is 2.36. The summed E-state index contributed by atoms with van der Waals surface area (Å²) < 4.78 is 1.04. The normalized spacial score (nSPS) is 26.9. The summed E-state index contributed by atoms with van der Waals surface area (Å²) in [5.41, 5.74) is 1.86. The minimum atomic E-state index is 0.750. The number of nitriles is 1. The van der Waals surface area contributed by atoms with Crippen LogP contribution in [0.3, 0.4) is 0 Å². The quantitative estimate of drug-likeness (QED) is 0.860. The Morgan fingerprint density at radius 1 is 1.29 bits per heavy atom. The third-order valence-corrected chi connectivity index (χ3v) is 4.30. The number of hydrogen-bond acceptors (Lipinski definition) is 3. The summed E-state index contributed by atoms with van der Waals surface area (Å²) in [4.78, 5) is 2.36.